The normalized spacial score (nSPS) is 18.8. The van der Waals surface area contributed by atoms with E-state index in [1.807, 2.05) is 30.3 Å². The molecule has 134 valence electrons. The van der Waals surface area contributed by atoms with Gasteiger partial charge in [0.05, 0.1) is 17.5 Å². The van der Waals surface area contributed by atoms with Crippen molar-refractivity contribution in [2.45, 2.75) is 18.2 Å². The molecule has 1 unspecified atom stereocenters. The second kappa shape index (κ2) is 8.14. The Bertz CT molecular complexity index is 824. The van der Waals surface area contributed by atoms with Gasteiger partial charge in [0.2, 0.25) is 11.8 Å². The molecule has 1 atom stereocenters. The van der Waals surface area contributed by atoms with Crippen LogP contribution in [-0.2, 0) is 16.1 Å². The number of benzene rings is 2. The summed E-state index contributed by atoms with van der Waals surface area (Å²) in [7, 11) is 1.55. The van der Waals surface area contributed by atoms with Gasteiger partial charge in [-0.25, -0.2) is 9.38 Å². The molecule has 3 rings (SSSR count). The molecule has 0 bridgehead atoms. The lowest BCUT2D eigenvalue weighted by molar-refractivity contribution is -0.130. The summed E-state index contributed by atoms with van der Waals surface area (Å²) in [5, 5.41) is 2.53. The van der Waals surface area contributed by atoms with Gasteiger partial charge < -0.3 is 5.32 Å². The molecular formula is C19H18FN3O2S. The van der Waals surface area contributed by atoms with E-state index in [1.54, 1.807) is 24.1 Å². The Balaban J connectivity index is 1.91. The van der Waals surface area contributed by atoms with Crippen LogP contribution in [0.1, 0.15) is 12.0 Å². The maximum absolute atomic E-state index is 13.1. The second-order valence-corrected chi connectivity index (χ2v) is 6.93. The fraction of sp³-hybridized carbons (Fsp3) is 0.211. The fourth-order valence-corrected chi connectivity index (χ4v) is 3.70. The van der Waals surface area contributed by atoms with Gasteiger partial charge in [0.25, 0.3) is 0 Å². The van der Waals surface area contributed by atoms with Crippen LogP contribution in [0, 0.1) is 5.82 Å². The highest BCUT2D eigenvalue weighted by Crippen LogP contribution is 2.30. The number of carbonyl (C=O) groups is 2. The van der Waals surface area contributed by atoms with E-state index in [0.29, 0.717) is 10.9 Å². The highest BCUT2D eigenvalue weighted by atomic mass is 32.2. The van der Waals surface area contributed by atoms with Crippen molar-refractivity contribution >= 4 is 34.4 Å². The number of para-hydroxylation sites is 1. The predicted molar refractivity (Wildman–Crippen MR) is 101 cm³/mol. The Morgan fingerprint density at radius 1 is 1.23 bits per heavy atom. The molecule has 2 amide bonds. The van der Waals surface area contributed by atoms with Crippen LogP contribution in [0.3, 0.4) is 0 Å². The van der Waals surface area contributed by atoms with Crippen molar-refractivity contribution in [1.29, 1.82) is 0 Å². The van der Waals surface area contributed by atoms with Crippen molar-refractivity contribution in [3.8, 4) is 0 Å². The van der Waals surface area contributed by atoms with Gasteiger partial charge in [-0.1, -0.05) is 42.1 Å². The molecule has 1 heterocycles. The van der Waals surface area contributed by atoms with Crippen LogP contribution >= 0.6 is 11.8 Å². The lowest BCUT2D eigenvalue weighted by Gasteiger charge is -2.31. The minimum absolute atomic E-state index is 0.0966. The zero-order valence-corrected chi connectivity index (χ0v) is 15.0. The molecule has 1 aliphatic rings. The summed E-state index contributed by atoms with van der Waals surface area (Å²) in [5.74, 6) is -0.715. The third-order valence-electron chi connectivity index (χ3n) is 3.91. The highest BCUT2D eigenvalue weighted by molar-refractivity contribution is 8.15. The van der Waals surface area contributed by atoms with Crippen LogP contribution in [0.5, 0.6) is 0 Å². The quantitative estimate of drug-likeness (QED) is 0.898. The number of halogens is 1. The number of rotatable bonds is 4. The van der Waals surface area contributed by atoms with Crippen LogP contribution < -0.4 is 5.32 Å². The maximum atomic E-state index is 13.1. The van der Waals surface area contributed by atoms with Crippen molar-refractivity contribution in [2.24, 2.45) is 4.99 Å². The Labute approximate surface area is 155 Å². The number of nitrogens with zero attached hydrogens (tertiary/aromatic N) is 2. The fourth-order valence-electron chi connectivity index (χ4n) is 2.54. The molecule has 7 heteroatoms. The third-order valence-corrected chi connectivity index (χ3v) is 5.10. The lowest BCUT2D eigenvalue weighted by atomic mass is 10.2. The molecule has 1 aliphatic heterocycles. The number of amides is 2. The number of thioether (sulfide) groups is 1. The zero-order chi connectivity index (χ0) is 18.5. The first-order chi connectivity index (χ1) is 12.6. The summed E-state index contributed by atoms with van der Waals surface area (Å²) >= 11 is 1.26. The molecule has 1 fully saturated rings. The standard InChI is InChI=1S/C19H18FN3O2S/c1-21-18(25)16-11-17(24)23(12-13-7-9-14(20)10-8-13)19(26-16)22-15-5-3-2-4-6-15/h2-10,16H,11-12H2,1H3,(H,21,25). The number of hydrogen-bond donors (Lipinski definition) is 1. The van der Waals surface area contributed by atoms with Crippen LogP contribution in [0.25, 0.3) is 0 Å². The smallest absolute Gasteiger partial charge is 0.233 e. The van der Waals surface area contributed by atoms with Crippen LogP contribution in [0.15, 0.2) is 59.6 Å². The van der Waals surface area contributed by atoms with Gasteiger partial charge in [-0.3, -0.25) is 14.5 Å². The Kier molecular flexibility index (Phi) is 5.68. The molecule has 26 heavy (non-hydrogen) atoms. The molecule has 0 aliphatic carbocycles. The van der Waals surface area contributed by atoms with Crippen LogP contribution in [0.4, 0.5) is 10.1 Å². The zero-order valence-electron chi connectivity index (χ0n) is 14.2. The first kappa shape index (κ1) is 18.1. The van der Waals surface area contributed by atoms with E-state index in [9.17, 15) is 14.0 Å². The van der Waals surface area contributed by atoms with Gasteiger partial charge in [0.1, 0.15) is 5.82 Å². The average molecular weight is 371 g/mol. The number of amidine groups is 1. The van der Waals surface area contributed by atoms with Crippen molar-refractivity contribution < 1.29 is 14.0 Å². The van der Waals surface area contributed by atoms with E-state index in [4.69, 9.17) is 0 Å². The Morgan fingerprint density at radius 3 is 2.58 bits per heavy atom. The Morgan fingerprint density at radius 2 is 1.92 bits per heavy atom. The number of hydrogen-bond acceptors (Lipinski definition) is 4. The molecule has 2 aromatic carbocycles. The number of nitrogens with one attached hydrogen (secondary N) is 1. The van der Waals surface area contributed by atoms with Gasteiger partial charge in [0.15, 0.2) is 5.17 Å². The van der Waals surface area contributed by atoms with Crippen LogP contribution in [-0.4, -0.2) is 34.2 Å². The van der Waals surface area contributed by atoms with Crippen molar-refractivity contribution in [1.82, 2.24) is 10.2 Å². The predicted octanol–water partition coefficient (Wildman–Crippen LogP) is 3.09. The third kappa shape index (κ3) is 4.29. The number of aliphatic imine (C=N–C) groups is 1. The van der Waals surface area contributed by atoms with E-state index < -0.39 is 5.25 Å². The largest absolute Gasteiger partial charge is 0.358 e. The molecule has 1 saturated heterocycles. The average Bonchev–Trinajstić information content (AvgIpc) is 2.66. The first-order valence-corrected chi connectivity index (χ1v) is 9.01. The topological polar surface area (TPSA) is 61.8 Å². The van der Waals surface area contributed by atoms with Crippen molar-refractivity contribution in [3.63, 3.8) is 0 Å². The van der Waals surface area contributed by atoms with Gasteiger partial charge in [-0.05, 0) is 29.8 Å². The van der Waals surface area contributed by atoms with Crippen LogP contribution in [0.2, 0.25) is 0 Å². The van der Waals surface area contributed by atoms with Gasteiger partial charge in [0, 0.05) is 13.5 Å². The molecule has 2 aromatic rings. The van der Waals surface area contributed by atoms with Crippen molar-refractivity contribution in [2.75, 3.05) is 7.05 Å². The van der Waals surface area contributed by atoms with E-state index >= 15 is 0 Å². The summed E-state index contributed by atoms with van der Waals surface area (Å²) in [4.78, 5) is 30.8. The van der Waals surface area contributed by atoms with E-state index in [0.717, 1.165) is 5.56 Å². The molecule has 0 saturated carbocycles. The van der Waals surface area contributed by atoms with E-state index in [2.05, 4.69) is 10.3 Å². The molecule has 5 nitrogen and oxygen atoms in total. The van der Waals surface area contributed by atoms with E-state index in [-0.39, 0.29) is 30.6 Å². The SMILES string of the molecule is CNC(=O)C1CC(=O)N(Cc2ccc(F)cc2)C(=Nc2ccccc2)S1. The van der Waals surface area contributed by atoms with Gasteiger partial charge >= 0.3 is 0 Å². The number of carbonyl (C=O) groups excluding carboxylic acids is 2. The van der Waals surface area contributed by atoms with E-state index in [1.165, 1.54) is 23.9 Å². The summed E-state index contributed by atoms with van der Waals surface area (Å²) in [5.41, 5.74) is 1.49. The minimum Gasteiger partial charge on any atom is -0.358 e. The van der Waals surface area contributed by atoms with Crippen molar-refractivity contribution in [3.05, 3.63) is 66.0 Å². The minimum atomic E-state index is -0.514. The molecule has 0 aromatic heterocycles. The lowest BCUT2D eigenvalue weighted by Crippen LogP contribution is -2.45. The second-order valence-electron chi connectivity index (χ2n) is 5.76. The highest BCUT2D eigenvalue weighted by Gasteiger charge is 2.35. The van der Waals surface area contributed by atoms with Gasteiger partial charge in [-0.2, -0.15) is 0 Å². The summed E-state index contributed by atoms with van der Waals surface area (Å²) < 4.78 is 13.1. The monoisotopic (exact) mass is 371 g/mol. The molecule has 0 radical (unpaired) electrons. The molecule has 1 N–H and O–H groups in total. The Hall–Kier alpha value is -2.67. The summed E-state index contributed by atoms with van der Waals surface area (Å²) in [6.45, 7) is 0.276. The summed E-state index contributed by atoms with van der Waals surface area (Å²) in [6.07, 6.45) is 0.0966. The first-order valence-electron chi connectivity index (χ1n) is 8.13. The molecular weight excluding hydrogens is 353 g/mol. The van der Waals surface area contributed by atoms with Gasteiger partial charge in [-0.15, -0.1) is 0 Å². The maximum Gasteiger partial charge on any atom is 0.233 e. The summed E-state index contributed by atoms with van der Waals surface area (Å²) in [6, 6.07) is 15.2. The molecule has 0 spiro atoms.